The van der Waals surface area contributed by atoms with Crippen molar-refractivity contribution in [3.05, 3.63) is 34.6 Å². The molecule has 0 aliphatic rings. The zero-order valence-electron chi connectivity index (χ0n) is 14.8. The van der Waals surface area contributed by atoms with Gasteiger partial charge in [0, 0.05) is 10.9 Å². The molecule has 0 radical (unpaired) electrons. The lowest BCUT2D eigenvalue weighted by Crippen LogP contribution is -2.16. The minimum atomic E-state index is 0.0702. The molecule has 2 rings (SSSR count). The first kappa shape index (κ1) is 16.1. The van der Waals surface area contributed by atoms with Crippen LogP contribution in [0, 0.1) is 6.92 Å². The summed E-state index contributed by atoms with van der Waals surface area (Å²) in [7, 11) is 1.96. The predicted molar refractivity (Wildman–Crippen MR) is 91.1 cm³/mol. The van der Waals surface area contributed by atoms with Crippen LogP contribution >= 0.6 is 0 Å². The van der Waals surface area contributed by atoms with Crippen LogP contribution in [0.2, 0.25) is 0 Å². The summed E-state index contributed by atoms with van der Waals surface area (Å²) in [6.45, 7) is 16.5. The van der Waals surface area contributed by atoms with Crippen molar-refractivity contribution in [2.24, 2.45) is 0 Å². The molecule has 1 heterocycles. The van der Waals surface area contributed by atoms with E-state index in [2.05, 4.69) is 65.9 Å². The highest BCUT2D eigenvalue weighted by molar-refractivity contribution is 5.86. The SMILES string of the molecule is CNCc1oc2c(C(C)(C)C)cc(C(C)(C)C)cc2c1C. The number of rotatable bonds is 2. The van der Waals surface area contributed by atoms with Crippen LogP contribution in [0.3, 0.4) is 0 Å². The molecule has 2 nitrogen and oxygen atoms in total. The fraction of sp³-hybridized carbons (Fsp3) is 0.579. The molecule has 1 aromatic carbocycles. The van der Waals surface area contributed by atoms with Crippen LogP contribution < -0.4 is 5.32 Å². The van der Waals surface area contributed by atoms with Crippen molar-refractivity contribution in [3.63, 3.8) is 0 Å². The zero-order chi connectivity index (χ0) is 16.0. The van der Waals surface area contributed by atoms with Gasteiger partial charge in [-0.3, -0.25) is 0 Å². The third-order valence-electron chi connectivity index (χ3n) is 4.15. The van der Waals surface area contributed by atoms with Crippen molar-refractivity contribution in [1.29, 1.82) is 0 Å². The summed E-state index contributed by atoms with van der Waals surface area (Å²) in [6.07, 6.45) is 0. The minimum absolute atomic E-state index is 0.0702. The number of hydrogen-bond acceptors (Lipinski definition) is 2. The lowest BCUT2D eigenvalue weighted by atomic mass is 9.79. The Hall–Kier alpha value is -1.28. The number of benzene rings is 1. The summed E-state index contributed by atoms with van der Waals surface area (Å²) in [5, 5.41) is 4.46. The Balaban J connectivity index is 2.82. The zero-order valence-corrected chi connectivity index (χ0v) is 14.8. The van der Waals surface area contributed by atoms with Crippen molar-refractivity contribution in [1.82, 2.24) is 5.32 Å². The van der Waals surface area contributed by atoms with Gasteiger partial charge in [-0.15, -0.1) is 0 Å². The molecular weight excluding hydrogens is 258 g/mol. The van der Waals surface area contributed by atoms with Gasteiger partial charge in [0.25, 0.3) is 0 Å². The monoisotopic (exact) mass is 287 g/mol. The van der Waals surface area contributed by atoms with E-state index in [0.29, 0.717) is 0 Å². The molecule has 0 spiro atoms. The highest BCUT2D eigenvalue weighted by Gasteiger charge is 2.25. The average molecular weight is 287 g/mol. The molecule has 0 bridgehead atoms. The maximum Gasteiger partial charge on any atom is 0.138 e. The minimum Gasteiger partial charge on any atom is -0.459 e. The van der Waals surface area contributed by atoms with E-state index < -0.39 is 0 Å². The van der Waals surface area contributed by atoms with Crippen molar-refractivity contribution in [3.8, 4) is 0 Å². The molecule has 0 saturated heterocycles. The van der Waals surface area contributed by atoms with Crippen LogP contribution in [0.4, 0.5) is 0 Å². The molecule has 0 saturated carbocycles. The quantitative estimate of drug-likeness (QED) is 0.835. The van der Waals surface area contributed by atoms with E-state index in [1.54, 1.807) is 0 Å². The number of aryl methyl sites for hydroxylation is 1. The normalized spacial score (nSPS) is 13.1. The summed E-state index contributed by atoms with van der Waals surface area (Å²) in [6, 6.07) is 4.64. The van der Waals surface area contributed by atoms with Crippen molar-refractivity contribution in [2.75, 3.05) is 7.05 Å². The molecular formula is C19H29NO. The van der Waals surface area contributed by atoms with Crippen LogP contribution in [-0.4, -0.2) is 7.05 Å². The van der Waals surface area contributed by atoms with Gasteiger partial charge in [-0.2, -0.15) is 0 Å². The molecule has 0 aliphatic carbocycles. The summed E-state index contributed by atoms with van der Waals surface area (Å²) >= 11 is 0. The Kier molecular flexibility index (Phi) is 3.96. The van der Waals surface area contributed by atoms with Gasteiger partial charge in [-0.25, -0.2) is 0 Å². The Bertz CT molecular complexity index is 651. The second kappa shape index (κ2) is 5.17. The molecule has 0 atom stereocenters. The molecule has 1 N–H and O–H groups in total. The smallest absolute Gasteiger partial charge is 0.138 e. The third-order valence-corrected chi connectivity index (χ3v) is 4.15. The van der Waals surface area contributed by atoms with E-state index in [9.17, 15) is 0 Å². The molecule has 116 valence electrons. The van der Waals surface area contributed by atoms with Gasteiger partial charge in [-0.05, 0) is 42.0 Å². The van der Waals surface area contributed by atoms with Crippen molar-refractivity contribution < 1.29 is 4.42 Å². The first-order valence-electron chi connectivity index (χ1n) is 7.77. The van der Waals surface area contributed by atoms with Crippen LogP contribution in [0.25, 0.3) is 11.0 Å². The second-order valence-corrected chi connectivity index (χ2v) is 8.08. The van der Waals surface area contributed by atoms with E-state index in [0.717, 1.165) is 17.9 Å². The van der Waals surface area contributed by atoms with E-state index in [1.165, 1.54) is 22.1 Å². The second-order valence-electron chi connectivity index (χ2n) is 8.08. The van der Waals surface area contributed by atoms with Crippen molar-refractivity contribution >= 4 is 11.0 Å². The summed E-state index contributed by atoms with van der Waals surface area (Å²) in [5.41, 5.74) is 5.20. The summed E-state index contributed by atoms with van der Waals surface area (Å²) < 4.78 is 6.20. The van der Waals surface area contributed by atoms with Gasteiger partial charge >= 0.3 is 0 Å². The maximum atomic E-state index is 6.20. The van der Waals surface area contributed by atoms with Gasteiger partial charge < -0.3 is 9.73 Å². The van der Waals surface area contributed by atoms with Crippen LogP contribution in [-0.2, 0) is 17.4 Å². The standard InChI is InChI=1S/C19H29NO/c1-12-14-9-13(18(2,3)4)10-15(19(5,6)7)17(14)21-16(12)11-20-8/h9-10,20H,11H2,1-8H3. The average Bonchev–Trinajstić information content (AvgIpc) is 2.64. The fourth-order valence-electron chi connectivity index (χ4n) is 2.69. The predicted octanol–water partition coefficient (Wildman–Crippen LogP) is 5.06. The Morgan fingerprint density at radius 1 is 1.00 bits per heavy atom. The largest absolute Gasteiger partial charge is 0.459 e. The lowest BCUT2D eigenvalue weighted by Gasteiger charge is -2.25. The van der Waals surface area contributed by atoms with Crippen LogP contribution in [0.5, 0.6) is 0 Å². The van der Waals surface area contributed by atoms with Crippen LogP contribution in [0.1, 0.15) is 64.0 Å². The Labute approximate surface area is 128 Å². The fourth-order valence-corrected chi connectivity index (χ4v) is 2.69. The first-order valence-corrected chi connectivity index (χ1v) is 7.77. The van der Waals surface area contributed by atoms with E-state index >= 15 is 0 Å². The van der Waals surface area contributed by atoms with Gasteiger partial charge in [0.15, 0.2) is 0 Å². The van der Waals surface area contributed by atoms with E-state index in [-0.39, 0.29) is 10.8 Å². The molecule has 0 aliphatic heterocycles. The number of hydrogen-bond donors (Lipinski definition) is 1. The first-order chi connectivity index (χ1) is 9.55. The van der Waals surface area contributed by atoms with Gasteiger partial charge in [0.1, 0.15) is 11.3 Å². The van der Waals surface area contributed by atoms with Gasteiger partial charge in [0.2, 0.25) is 0 Å². The van der Waals surface area contributed by atoms with E-state index in [1.807, 2.05) is 7.05 Å². The molecule has 2 aromatic rings. The molecule has 0 unspecified atom stereocenters. The summed E-state index contributed by atoms with van der Waals surface area (Å²) in [4.78, 5) is 0. The molecule has 2 heteroatoms. The summed E-state index contributed by atoms with van der Waals surface area (Å²) in [5.74, 6) is 1.05. The van der Waals surface area contributed by atoms with Crippen molar-refractivity contribution in [2.45, 2.75) is 65.8 Å². The lowest BCUT2D eigenvalue weighted by molar-refractivity contribution is 0.508. The highest BCUT2D eigenvalue weighted by Crippen LogP contribution is 2.38. The third kappa shape index (κ3) is 3.01. The molecule has 1 aromatic heterocycles. The molecule has 0 fully saturated rings. The highest BCUT2D eigenvalue weighted by atomic mass is 16.3. The molecule has 21 heavy (non-hydrogen) atoms. The Morgan fingerprint density at radius 3 is 2.10 bits per heavy atom. The van der Waals surface area contributed by atoms with Gasteiger partial charge in [0.05, 0.1) is 6.54 Å². The maximum absolute atomic E-state index is 6.20. The van der Waals surface area contributed by atoms with Crippen LogP contribution in [0.15, 0.2) is 16.5 Å². The number of nitrogens with one attached hydrogen (secondary N) is 1. The topological polar surface area (TPSA) is 25.2 Å². The molecule has 0 amide bonds. The van der Waals surface area contributed by atoms with E-state index in [4.69, 9.17) is 4.42 Å². The number of fused-ring (bicyclic) bond motifs is 1. The number of furan rings is 1. The van der Waals surface area contributed by atoms with Gasteiger partial charge in [-0.1, -0.05) is 47.6 Å². The Morgan fingerprint density at radius 2 is 1.62 bits per heavy atom.